The second-order valence-corrected chi connectivity index (χ2v) is 17.2. The van der Waals surface area contributed by atoms with E-state index in [0.29, 0.717) is 24.5 Å². The molecule has 3 saturated heterocycles. The molecule has 65 heavy (non-hydrogen) atoms. The number of hydrogen-bond donors (Lipinski definition) is 3. The molecule has 0 spiro atoms. The van der Waals surface area contributed by atoms with Crippen LogP contribution >= 0.6 is 12.2 Å². The molecule has 3 aromatic carbocycles. The lowest BCUT2D eigenvalue weighted by atomic mass is 9.92. The smallest absolute Gasteiger partial charge is 0.326 e. The highest BCUT2D eigenvalue weighted by molar-refractivity contribution is 7.80. The van der Waals surface area contributed by atoms with E-state index >= 15 is 0 Å². The van der Waals surface area contributed by atoms with Crippen LogP contribution in [0.5, 0.6) is 0 Å². The average Bonchev–Trinajstić information content (AvgIpc) is 3.62. The normalized spacial score (nSPS) is 25.1. The Kier molecular flexibility index (Phi) is 15.8. The average molecular weight is 917 g/mol. The van der Waals surface area contributed by atoms with Crippen LogP contribution in [-0.2, 0) is 65.5 Å². The first-order chi connectivity index (χ1) is 31.2. The van der Waals surface area contributed by atoms with Crippen molar-refractivity contribution in [2.75, 3.05) is 26.2 Å². The zero-order chi connectivity index (χ0) is 46.2. The molecule has 8 atom stereocenters. The molecule has 3 N–H and O–H groups in total. The SMILES string of the molecule is CC(=O)OCC1OC(CC(=S)NCc2ccc(C3OC(CN4CCC(n5c(=O)[nH]c6ccccc65)CC4)CC(c4ccc(CO)cc4)O3)cc2)C(OC(C)=O)C(OC(C)=O)C1OC(C)=O. The van der Waals surface area contributed by atoms with Gasteiger partial charge in [-0.2, -0.15) is 0 Å². The van der Waals surface area contributed by atoms with Crippen molar-refractivity contribution in [1.82, 2.24) is 19.8 Å². The summed E-state index contributed by atoms with van der Waals surface area (Å²) < 4.78 is 43.2. The summed E-state index contributed by atoms with van der Waals surface area (Å²) in [5.41, 5.74) is 5.20. The summed E-state index contributed by atoms with van der Waals surface area (Å²) in [6.07, 6.45) is -4.56. The number of nitrogens with one attached hydrogen (secondary N) is 2. The second kappa shape index (κ2) is 21.7. The van der Waals surface area contributed by atoms with Crippen molar-refractivity contribution in [2.24, 2.45) is 0 Å². The number of carbonyl (C=O) groups excluding carboxylic acids is 4. The predicted molar refractivity (Wildman–Crippen MR) is 238 cm³/mol. The minimum atomic E-state index is -1.28. The Labute approximate surface area is 381 Å². The summed E-state index contributed by atoms with van der Waals surface area (Å²) >= 11 is 5.72. The molecular weight excluding hydrogens is 861 g/mol. The number of likely N-dealkylation sites (tertiary alicyclic amines) is 1. The number of hydrogen-bond acceptors (Lipinski definition) is 15. The first kappa shape index (κ1) is 47.5. The molecule has 0 amide bonds. The lowest BCUT2D eigenvalue weighted by Crippen LogP contribution is -2.62. The summed E-state index contributed by atoms with van der Waals surface area (Å²) in [6, 6.07) is 23.4. The fraction of sp³-hybridized carbons (Fsp3) is 0.489. The molecule has 0 aliphatic carbocycles. The molecule has 4 aromatic rings. The van der Waals surface area contributed by atoms with Gasteiger partial charge >= 0.3 is 29.6 Å². The van der Waals surface area contributed by atoms with E-state index in [4.69, 9.17) is 45.4 Å². The van der Waals surface area contributed by atoms with Crippen molar-refractivity contribution in [3.8, 4) is 0 Å². The predicted octanol–water partition coefficient (Wildman–Crippen LogP) is 4.64. The van der Waals surface area contributed by atoms with Gasteiger partial charge in [-0.05, 0) is 41.7 Å². The molecule has 8 unspecified atom stereocenters. The van der Waals surface area contributed by atoms with Crippen LogP contribution in [0, 0.1) is 0 Å². The minimum Gasteiger partial charge on any atom is -0.463 e. The maximum absolute atomic E-state index is 12.9. The van der Waals surface area contributed by atoms with Crippen LogP contribution in [0.25, 0.3) is 11.0 Å². The summed E-state index contributed by atoms with van der Waals surface area (Å²) in [4.78, 5) is 67.0. The Balaban J connectivity index is 1.00. The zero-order valence-corrected chi connectivity index (χ0v) is 37.7. The topological polar surface area (TPSA) is 206 Å². The van der Waals surface area contributed by atoms with Crippen LogP contribution in [0.1, 0.15) is 94.1 Å². The van der Waals surface area contributed by atoms with Gasteiger partial charge in [0.2, 0.25) is 0 Å². The summed E-state index contributed by atoms with van der Waals surface area (Å²) in [6.45, 7) is 6.99. The molecule has 348 valence electrons. The molecule has 0 bridgehead atoms. The van der Waals surface area contributed by atoms with Crippen LogP contribution in [0.3, 0.4) is 0 Å². The van der Waals surface area contributed by atoms with E-state index in [2.05, 4.69) is 15.2 Å². The molecule has 0 saturated carbocycles. The summed E-state index contributed by atoms with van der Waals surface area (Å²) in [5, 5.41) is 12.9. The van der Waals surface area contributed by atoms with E-state index in [1.54, 1.807) is 0 Å². The van der Waals surface area contributed by atoms with E-state index in [9.17, 15) is 29.1 Å². The van der Waals surface area contributed by atoms with E-state index in [1.807, 2.05) is 77.4 Å². The van der Waals surface area contributed by atoms with Gasteiger partial charge in [0.25, 0.3) is 0 Å². The third-order valence-electron chi connectivity index (χ3n) is 11.8. The molecule has 18 heteroatoms. The second-order valence-electron chi connectivity index (χ2n) is 16.7. The van der Waals surface area contributed by atoms with E-state index in [0.717, 1.165) is 59.2 Å². The molecule has 3 aliphatic rings. The molecule has 1 aromatic heterocycles. The molecular formula is C47H56N4O13S. The number of esters is 4. The van der Waals surface area contributed by atoms with Crippen molar-refractivity contribution >= 4 is 52.1 Å². The van der Waals surface area contributed by atoms with Gasteiger partial charge in [-0.25, -0.2) is 4.79 Å². The van der Waals surface area contributed by atoms with Gasteiger partial charge in [0, 0.05) is 78.3 Å². The lowest BCUT2D eigenvalue weighted by Gasteiger charge is -2.44. The highest BCUT2D eigenvalue weighted by atomic mass is 32.1. The van der Waals surface area contributed by atoms with Gasteiger partial charge < -0.3 is 53.5 Å². The number of H-pyrrole nitrogens is 1. The van der Waals surface area contributed by atoms with Crippen LogP contribution in [0.2, 0.25) is 0 Å². The number of aliphatic hydroxyl groups is 1. The third kappa shape index (κ3) is 12.2. The van der Waals surface area contributed by atoms with Gasteiger partial charge in [0.05, 0.1) is 34.8 Å². The summed E-state index contributed by atoms with van der Waals surface area (Å²) in [7, 11) is 0. The van der Waals surface area contributed by atoms with Crippen LogP contribution in [0.4, 0.5) is 0 Å². The summed E-state index contributed by atoms with van der Waals surface area (Å²) in [5.74, 6) is -2.73. The number of fused-ring (bicyclic) bond motifs is 1. The molecule has 0 radical (unpaired) electrons. The van der Waals surface area contributed by atoms with Crippen molar-refractivity contribution < 1.29 is 57.4 Å². The number of benzene rings is 3. The number of aromatic nitrogens is 2. The number of aliphatic hydroxyl groups excluding tert-OH is 1. The number of thiocarbonyl (C=S) groups is 1. The number of nitrogens with zero attached hydrogens (tertiary/aromatic N) is 2. The Morgan fingerprint density at radius 2 is 1.38 bits per heavy atom. The fourth-order valence-corrected chi connectivity index (χ4v) is 9.08. The number of piperidine rings is 1. The Bertz CT molecular complexity index is 2360. The minimum absolute atomic E-state index is 0.0114. The monoisotopic (exact) mass is 916 g/mol. The largest absolute Gasteiger partial charge is 0.463 e. The first-order valence-electron chi connectivity index (χ1n) is 21.8. The highest BCUT2D eigenvalue weighted by Crippen LogP contribution is 2.39. The standard InChI is InChI=1S/C47H56N4O13S/c1-27(53)58-26-41-44(60-29(3)55)45(61-30(4)56)43(59-28(2)54)40(63-41)22-42(65)48-23-31-9-15-34(16-10-31)46-62-36(21-39(64-46)33-13-11-32(25-52)12-14-33)24-50-19-17-35(18-20-50)51-38-8-6-5-7-37(38)49-47(51)57/h5-16,35-36,39-41,43-46,52H,17-26H2,1-4H3,(H,48,65)(H,49,57). The van der Waals surface area contributed by atoms with Gasteiger partial charge in [0.15, 0.2) is 24.6 Å². The fourth-order valence-electron chi connectivity index (χ4n) is 8.85. The molecule has 4 heterocycles. The van der Waals surface area contributed by atoms with Crippen molar-refractivity contribution in [3.05, 3.63) is 106 Å². The quantitative estimate of drug-likeness (QED) is 0.0844. The van der Waals surface area contributed by atoms with Crippen molar-refractivity contribution in [1.29, 1.82) is 0 Å². The van der Waals surface area contributed by atoms with Gasteiger partial charge in [-0.3, -0.25) is 23.7 Å². The Hall–Kier alpha value is -5.50. The van der Waals surface area contributed by atoms with Crippen molar-refractivity contribution in [3.63, 3.8) is 0 Å². The molecule has 3 aliphatic heterocycles. The molecule has 7 rings (SSSR count). The zero-order valence-electron chi connectivity index (χ0n) is 36.8. The maximum atomic E-state index is 12.9. The number of imidazole rings is 1. The highest BCUT2D eigenvalue weighted by Gasteiger charge is 2.52. The third-order valence-corrected chi connectivity index (χ3v) is 12.1. The number of para-hydroxylation sites is 2. The Morgan fingerprint density at radius 3 is 2.03 bits per heavy atom. The van der Waals surface area contributed by atoms with Crippen LogP contribution < -0.4 is 11.0 Å². The van der Waals surface area contributed by atoms with E-state index in [-0.39, 0.29) is 43.6 Å². The van der Waals surface area contributed by atoms with Crippen LogP contribution in [0.15, 0.2) is 77.6 Å². The van der Waals surface area contributed by atoms with E-state index in [1.165, 1.54) is 27.7 Å². The molecule has 17 nitrogen and oxygen atoms in total. The van der Waals surface area contributed by atoms with E-state index < -0.39 is 60.7 Å². The maximum Gasteiger partial charge on any atom is 0.326 e. The van der Waals surface area contributed by atoms with Gasteiger partial charge in [0.1, 0.15) is 18.8 Å². The number of carbonyl (C=O) groups is 4. The Morgan fingerprint density at radius 1 is 0.769 bits per heavy atom. The number of aromatic amines is 1. The van der Waals surface area contributed by atoms with Crippen LogP contribution in [-0.4, -0.2) is 111 Å². The molecule has 3 fully saturated rings. The lowest BCUT2D eigenvalue weighted by molar-refractivity contribution is -0.253. The van der Waals surface area contributed by atoms with Gasteiger partial charge in [-0.15, -0.1) is 0 Å². The number of rotatable bonds is 15. The number of ether oxygens (including phenoxy) is 7. The van der Waals surface area contributed by atoms with Crippen molar-refractivity contribution in [2.45, 2.75) is 122 Å². The van der Waals surface area contributed by atoms with Gasteiger partial charge in [-0.1, -0.05) is 72.9 Å². The first-order valence-corrected chi connectivity index (χ1v) is 22.2.